The topological polar surface area (TPSA) is 35.5 Å². The molecule has 0 amide bonds. The maximum atomic E-state index is 11.2. The smallest absolute Gasteiger partial charge is 0.156 e. The standard InChI is InChI=1S/C8H17BO3/c1-3-4-12-8(6-11-2)7(10)5-9/h8H,3-6,9H2,1-2H3. The number of carbonyl (C=O) groups excluding carboxylic acids is 1. The fourth-order valence-electron chi connectivity index (χ4n) is 0.873. The van der Waals surface area contributed by atoms with E-state index in [1.807, 2.05) is 14.8 Å². The van der Waals surface area contributed by atoms with E-state index in [1.165, 1.54) is 0 Å². The van der Waals surface area contributed by atoms with Gasteiger partial charge in [-0.05, 0) is 12.7 Å². The summed E-state index contributed by atoms with van der Waals surface area (Å²) in [5.41, 5.74) is 0. The summed E-state index contributed by atoms with van der Waals surface area (Å²) < 4.78 is 10.2. The molecule has 0 aromatic rings. The van der Waals surface area contributed by atoms with Crippen molar-refractivity contribution in [1.82, 2.24) is 0 Å². The third kappa shape index (κ3) is 4.52. The van der Waals surface area contributed by atoms with Crippen molar-refractivity contribution in [3.05, 3.63) is 0 Å². The van der Waals surface area contributed by atoms with Gasteiger partial charge in [-0.25, -0.2) is 0 Å². The Balaban J connectivity index is 3.76. The highest BCUT2D eigenvalue weighted by Crippen LogP contribution is 1.98. The second-order valence-corrected chi connectivity index (χ2v) is 2.63. The fraction of sp³-hybridized carbons (Fsp3) is 0.875. The van der Waals surface area contributed by atoms with E-state index in [0.29, 0.717) is 19.5 Å². The summed E-state index contributed by atoms with van der Waals surface area (Å²) >= 11 is 0. The third-order valence-electron chi connectivity index (χ3n) is 1.55. The normalized spacial score (nSPS) is 12.8. The number of hydrogen-bond acceptors (Lipinski definition) is 3. The van der Waals surface area contributed by atoms with Crippen LogP contribution in [-0.2, 0) is 14.3 Å². The highest BCUT2D eigenvalue weighted by Gasteiger charge is 2.15. The predicted molar refractivity (Wildman–Crippen MR) is 50.3 cm³/mol. The minimum atomic E-state index is -0.361. The zero-order valence-electron chi connectivity index (χ0n) is 8.13. The maximum absolute atomic E-state index is 11.2. The maximum Gasteiger partial charge on any atom is 0.156 e. The van der Waals surface area contributed by atoms with Gasteiger partial charge in [0.2, 0.25) is 0 Å². The summed E-state index contributed by atoms with van der Waals surface area (Å²) in [4.78, 5) is 11.2. The predicted octanol–water partition coefficient (Wildman–Crippen LogP) is 0.0485. The average molecular weight is 172 g/mol. The lowest BCUT2D eigenvalue weighted by Crippen LogP contribution is -2.29. The molecule has 70 valence electrons. The van der Waals surface area contributed by atoms with Crippen molar-refractivity contribution in [2.75, 3.05) is 20.3 Å². The second-order valence-electron chi connectivity index (χ2n) is 2.63. The highest BCUT2D eigenvalue weighted by molar-refractivity contribution is 6.21. The van der Waals surface area contributed by atoms with E-state index >= 15 is 0 Å². The first-order chi connectivity index (χ1) is 5.76. The number of methoxy groups -OCH3 is 1. The molecule has 0 bridgehead atoms. The summed E-state index contributed by atoms with van der Waals surface area (Å²) in [6.07, 6.45) is 1.08. The summed E-state index contributed by atoms with van der Waals surface area (Å²) in [5, 5.41) is 0. The van der Waals surface area contributed by atoms with Crippen LogP contribution in [0.4, 0.5) is 0 Å². The van der Waals surface area contributed by atoms with Gasteiger partial charge in [-0.2, -0.15) is 0 Å². The van der Waals surface area contributed by atoms with E-state index in [9.17, 15) is 4.79 Å². The third-order valence-corrected chi connectivity index (χ3v) is 1.55. The van der Waals surface area contributed by atoms with Gasteiger partial charge in [-0.15, -0.1) is 0 Å². The van der Waals surface area contributed by atoms with Gasteiger partial charge in [0.1, 0.15) is 14.0 Å². The molecule has 0 saturated carbocycles. The molecule has 0 aromatic carbocycles. The molecule has 1 unspecified atom stereocenters. The van der Waals surface area contributed by atoms with E-state index < -0.39 is 0 Å². The van der Waals surface area contributed by atoms with Crippen molar-refractivity contribution in [2.45, 2.75) is 25.8 Å². The van der Waals surface area contributed by atoms with Crippen LogP contribution >= 0.6 is 0 Å². The molecule has 0 saturated heterocycles. The zero-order chi connectivity index (χ0) is 9.40. The monoisotopic (exact) mass is 172 g/mol. The summed E-state index contributed by atoms with van der Waals surface area (Å²) in [6, 6.07) is 0. The van der Waals surface area contributed by atoms with E-state index in [1.54, 1.807) is 7.11 Å². The first kappa shape index (κ1) is 11.7. The van der Waals surface area contributed by atoms with Gasteiger partial charge in [-0.1, -0.05) is 6.92 Å². The van der Waals surface area contributed by atoms with E-state index in [0.717, 1.165) is 6.42 Å². The summed E-state index contributed by atoms with van der Waals surface area (Å²) in [6.45, 7) is 3.01. The SMILES string of the molecule is BCC(=O)C(COC)OCCC. The molecule has 0 aliphatic rings. The van der Waals surface area contributed by atoms with Crippen molar-refractivity contribution in [3.63, 3.8) is 0 Å². The van der Waals surface area contributed by atoms with Gasteiger partial charge < -0.3 is 9.47 Å². The Bertz CT molecular complexity index is 127. The van der Waals surface area contributed by atoms with E-state index in [4.69, 9.17) is 9.47 Å². The number of carbonyl (C=O) groups is 1. The second kappa shape index (κ2) is 7.31. The highest BCUT2D eigenvalue weighted by atomic mass is 16.5. The number of hydrogen-bond donors (Lipinski definition) is 0. The van der Waals surface area contributed by atoms with Gasteiger partial charge in [0.05, 0.1) is 6.61 Å². The van der Waals surface area contributed by atoms with Gasteiger partial charge >= 0.3 is 0 Å². The van der Waals surface area contributed by atoms with Crippen molar-refractivity contribution in [1.29, 1.82) is 0 Å². The first-order valence-corrected chi connectivity index (χ1v) is 4.39. The molecule has 0 heterocycles. The molecule has 0 radical (unpaired) electrons. The summed E-state index contributed by atoms with van der Waals surface area (Å²) in [5.74, 6) is 0.116. The average Bonchev–Trinajstić information content (AvgIpc) is 2.11. The van der Waals surface area contributed by atoms with Crippen molar-refractivity contribution >= 4 is 13.6 Å². The number of ketones is 1. The molecule has 12 heavy (non-hydrogen) atoms. The van der Waals surface area contributed by atoms with Crippen LogP contribution in [0.25, 0.3) is 0 Å². The van der Waals surface area contributed by atoms with Gasteiger partial charge in [0.15, 0.2) is 5.78 Å². The lowest BCUT2D eigenvalue weighted by atomic mass is 9.98. The van der Waals surface area contributed by atoms with Crippen molar-refractivity contribution < 1.29 is 14.3 Å². The van der Waals surface area contributed by atoms with Crippen LogP contribution in [-0.4, -0.2) is 40.1 Å². The van der Waals surface area contributed by atoms with Gasteiger partial charge in [-0.3, -0.25) is 4.79 Å². The van der Waals surface area contributed by atoms with Gasteiger partial charge in [0.25, 0.3) is 0 Å². The Hall–Kier alpha value is -0.345. The lowest BCUT2D eigenvalue weighted by Gasteiger charge is -2.14. The molecule has 0 aromatic heterocycles. The van der Waals surface area contributed by atoms with Crippen LogP contribution in [0, 0.1) is 0 Å². The Morgan fingerprint density at radius 2 is 2.25 bits per heavy atom. The Kier molecular flexibility index (Phi) is 7.10. The summed E-state index contributed by atoms with van der Waals surface area (Å²) in [7, 11) is 3.41. The molecule has 0 N–H and O–H groups in total. The molecule has 0 rings (SSSR count). The number of rotatable bonds is 7. The fourth-order valence-corrected chi connectivity index (χ4v) is 0.873. The number of ether oxygens (including phenoxy) is 2. The van der Waals surface area contributed by atoms with E-state index in [-0.39, 0.29) is 11.9 Å². The molecule has 0 aliphatic heterocycles. The van der Waals surface area contributed by atoms with Crippen LogP contribution in [0.3, 0.4) is 0 Å². The zero-order valence-corrected chi connectivity index (χ0v) is 8.13. The molecular formula is C8H17BO3. The Morgan fingerprint density at radius 1 is 1.58 bits per heavy atom. The molecule has 1 atom stereocenters. The van der Waals surface area contributed by atoms with Crippen LogP contribution in [0.1, 0.15) is 13.3 Å². The minimum absolute atomic E-state index is 0.116. The van der Waals surface area contributed by atoms with Crippen LogP contribution in [0.2, 0.25) is 6.32 Å². The van der Waals surface area contributed by atoms with Crippen LogP contribution < -0.4 is 0 Å². The lowest BCUT2D eigenvalue weighted by molar-refractivity contribution is -0.131. The molecule has 0 aliphatic carbocycles. The Labute approximate surface area is 74.8 Å². The first-order valence-electron chi connectivity index (χ1n) is 4.39. The molecule has 4 heteroatoms. The molecular weight excluding hydrogens is 155 g/mol. The van der Waals surface area contributed by atoms with Crippen molar-refractivity contribution in [3.8, 4) is 0 Å². The van der Waals surface area contributed by atoms with Gasteiger partial charge in [0, 0.05) is 13.7 Å². The minimum Gasteiger partial charge on any atom is -0.382 e. The number of Topliss-reactive ketones (excluding diaryl/α,β-unsaturated/α-hetero) is 1. The molecule has 0 spiro atoms. The van der Waals surface area contributed by atoms with E-state index in [2.05, 4.69) is 0 Å². The van der Waals surface area contributed by atoms with Crippen molar-refractivity contribution in [2.24, 2.45) is 0 Å². The molecule has 0 fully saturated rings. The molecule has 3 nitrogen and oxygen atoms in total. The largest absolute Gasteiger partial charge is 0.382 e. The Morgan fingerprint density at radius 3 is 2.67 bits per heavy atom. The van der Waals surface area contributed by atoms with Crippen LogP contribution in [0.15, 0.2) is 0 Å². The van der Waals surface area contributed by atoms with Crippen LogP contribution in [0.5, 0.6) is 0 Å². The quantitative estimate of drug-likeness (QED) is 0.509.